The van der Waals surface area contributed by atoms with E-state index >= 15 is 0 Å². The van der Waals surface area contributed by atoms with Crippen LogP contribution < -0.4 is 5.14 Å². The number of nitrogens with two attached hydrogens (primary N) is 1. The fourth-order valence-electron chi connectivity index (χ4n) is 3.22. The second-order valence-corrected chi connectivity index (χ2v) is 9.27. The molecule has 1 aromatic heterocycles. The van der Waals surface area contributed by atoms with Crippen molar-refractivity contribution in [2.75, 3.05) is 7.05 Å². The van der Waals surface area contributed by atoms with Gasteiger partial charge in [0.05, 0.1) is 17.1 Å². The molecular formula is C23H27N3O4S. The van der Waals surface area contributed by atoms with Crippen molar-refractivity contribution in [1.29, 1.82) is 0 Å². The molecule has 0 spiro atoms. The number of aryl methyl sites for hydroxylation is 3. The summed E-state index contributed by atoms with van der Waals surface area (Å²) in [6, 6.07) is 12.1. The summed E-state index contributed by atoms with van der Waals surface area (Å²) in [5, 5.41) is 5.13. The van der Waals surface area contributed by atoms with Gasteiger partial charge in [-0.3, -0.25) is 4.79 Å². The molecule has 0 unspecified atom stereocenters. The van der Waals surface area contributed by atoms with E-state index in [4.69, 9.17) is 9.56 Å². The first kappa shape index (κ1) is 22.7. The molecule has 0 aliphatic heterocycles. The standard InChI is InChI=1S/C23H27N3O4S/c1-15-5-6-19(13-16(15)2)21-14-25-22(30-21)11-12-23(27)26(4)17(3)18-7-9-20(10-8-18)31(24,28)29/h5-10,13-14,17H,11-12H2,1-4H3,(H2,24,28,29)/t17-/m0/s1. The number of carbonyl (C=O) groups excluding carboxylic acids is 1. The van der Waals surface area contributed by atoms with Gasteiger partial charge in [0, 0.05) is 25.5 Å². The lowest BCUT2D eigenvalue weighted by Crippen LogP contribution is -2.29. The van der Waals surface area contributed by atoms with Gasteiger partial charge in [0.1, 0.15) is 0 Å². The zero-order chi connectivity index (χ0) is 22.8. The van der Waals surface area contributed by atoms with Gasteiger partial charge >= 0.3 is 0 Å². The molecule has 0 radical (unpaired) electrons. The van der Waals surface area contributed by atoms with Gasteiger partial charge in [-0.1, -0.05) is 24.3 Å². The highest BCUT2D eigenvalue weighted by atomic mass is 32.2. The molecule has 3 rings (SSSR count). The molecular weight excluding hydrogens is 414 g/mol. The Hall–Kier alpha value is -2.97. The van der Waals surface area contributed by atoms with Gasteiger partial charge in [0.15, 0.2) is 11.7 Å². The van der Waals surface area contributed by atoms with Crippen molar-refractivity contribution in [1.82, 2.24) is 9.88 Å². The summed E-state index contributed by atoms with van der Waals surface area (Å²) in [5.41, 5.74) is 4.17. The number of nitrogens with zero attached hydrogens (tertiary/aromatic N) is 2. The number of hydrogen-bond acceptors (Lipinski definition) is 5. The smallest absolute Gasteiger partial charge is 0.238 e. The lowest BCUT2D eigenvalue weighted by molar-refractivity contribution is -0.131. The largest absolute Gasteiger partial charge is 0.441 e. The topological polar surface area (TPSA) is 106 Å². The second-order valence-electron chi connectivity index (χ2n) is 7.71. The average Bonchev–Trinajstić information content (AvgIpc) is 3.21. The van der Waals surface area contributed by atoms with Crippen molar-refractivity contribution in [2.45, 2.75) is 44.6 Å². The first-order valence-electron chi connectivity index (χ1n) is 9.97. The molecule has 7 nitrogen and oxygen atoms in total. The molecule has 0 aliphatic rings. The van der Waals surface area contributed by atoms with Gasteiger partial charge < -0.3 is 9.32 Å². The number of hydrogen-bond donors (Lipinski definition) is 1. The van der Waals surface area contributed by atoms with E-state index in [0.29, 0.717) is 18.1 Å². The van der Waals surface area contributed by atoms with Crippen LogP contribution in [0.25, 0.3) is 11.3 Å². The van der Waals surface area contributed by atoms with Crippen LogP contribution in [0.3, 0.4) is 0 Å². The summed E-state index contributed by atoms with van der Waals surface area (Å²) >= 11 is 0. The third-order valence-corrected chi connectivity index (χ3v) is 6.49. The van der Waals surface area contributed by atoms with E-state index < -0.39 is 10.0 Å². The van der Waals surface area contributed by atoms with Crippen molar-refractivity contribution < 1.29 is 17.6 Å². The molecule has 0 bridgehead atoms. The predicted molar refractivity (Wildman–Crippen MR) is 119 cm³/mol. The van der Waals surface area contributed by atoms with Crippen LogP contribution in [0.1, 0.15) is 42.0 Å². The van der Waals surface area contributed by atoms with Crippen LogP contribution in [-0.4, -0.2) is 31.3 Å². The molecule has 3 aromatic rings. The summed E-state index contributed by atoms with van der Waals surface area (Å²) in [5.74, 6) is 1.14. The molecule has 164 valence electrons. The van der Waals surface area contributed by atoms with Crippen LogP contribution in [0.15, 0.2) is 58.0 Å². The van der Waals surface area contributed by atoms with Crippen LogP contribution in [0.4, 0.5) is 0 Å². The molecule has 0 saturated heterocycles. The first-order chi connectivity index (χ1) is 14.6. The van der Waals surface area contributed by atoms with Crippen LogP contribution in [-0.2, 0) is 21.2 Å². The summed E-state index contributed by atoms with van der Waals surface area (Å²) in [4.78, 5) is 18.6. The zero-order valence-corrected chi connectivity index (χ0v) is 18.9. The monoisotopic (exact) mass is 441 g/mol. The normalized spacial score (nSPS) is 12.5. The van der Waals surface area contributed by atoms with E-state index in [1.54, 1.807) is 30.3 Å². The van der Waals surface area contributed by atoms with E-state index in [-0.39, 0.29) is 23.3 Å². The van der Waals surface area contributed by atoms with Crippen LogP contribution in [0.5, 0.6) is 0 Å². The highest BCUT2D eigenvalue weighted by molar-refractivity contribution is 7.89. The molecule has 0 saturated carbocycles. The lowest BCUT2D eigenvalue weighted by atomic mass is 10.1. The second kappa shape index (κ2) is 9.03. The number of primary sulfonamides is 1. The van der Waals surface area contributed by atoms with Gasteiger partial charge in [-0.15, -0.1) is 0 Å². The Balaban J connectivity index is 1.61. The van der Waals surface area contributed by atoms with Gasteiger partial charge in [0.2, 0.25) is 15.9 Å². The minimum Gasteiger partial charge on any atom is -0.441 e. The summed E-state index contributed by atoms with van der Waals surface area (Å²) in [6.07, 6.45) is 2.33. The van der Waals surface area contributed by atoms with E-state index in [9.17, 15) is 13.2 Å². The molecule has 8 heteroatoms. The van der Waals surface area contributed by atoms with Crippen LogP contribution >= 0.6 is 0 Å². The number of carbonyl (C=O) groups is 1. The molecule has 31 heavy (non-hydrogen) atoms. The third kappa shape index (κ3) is 5.39. The first-order valence-corrected chi connectivity index (χ1v) is 11.5. The Kier molecular flexibility index (Phi) is 6.62. The minimum atomic E-state index is -3.74. The highest BCUT2D eigenvalue weighted by Gasteiger charge is 2.19. The number of amides is 1. The lowest BCUT2D eigenvalue weighted by Gasteiger charge is -2.25. The molecule has 2 N–H and O–H groups in total. The van der Waals surface area contributed by atoms with Gasteiger partial charge in [0.25, 0.3) is 0 Å². The number of sulfonamides is 1. The minimum absolute atomic E-state index is 0.0425. The SMILES string of the molecule is Cc1ccc(-c2cnc(CCC(=O)N(C)[C@@H](C)c3ccc(S(N)(=O)=O)cc3)o2)cc1C. The van der Waals surface area contributed by atoms with Gasteiger partial charge in [-0.2, -0.15) is 0 Å². The molecule has 1 amide bonds. The number of rotatable bonds is 7. The maximum absolute atomic E-state index is 12.7. The van der Waals surface area contributed by atoms with Crippen LogP contribution in [0, 0.1) is 13.8 Å². The van der Waals surface area contributed by atoms with Crippen molar-refractivity contribution in [2.24, 2.45) is 5.14 Å². The van der Waals surface area contributed by atoms with Crippen LogP contribution in [0.2, 0.25) is 0 Å². The fraction of sp³-hybridized carbons (Fsp3) is 0.304. The highest BCUT2D eigenvalue weighted by Crippen LogP contribution is 2.24. The Morgan fingerprint density at radius 3 is 2.42 bits per heavy atom. The van der Waals surface area contributed by atoms with E-state index in [0.717, 1.165) is 11.1 Å². The van der Waals surface area contributed by atoms with Crippen molar-refractivity contribution in [3.63, 3.8) is 0 Å². The van der Waals surface area contributed by atoms with Gasteiger partial charge in [-0.05, 0) is 55.7 Å². The maximum Gasteiger partial charge on any atom is 0.238 e. The summed E-state index contributed by atoms with van der Waals surface area (Å²) < 4.78 is 28.6. The maximum atomic E-state index is 12.7. The van der Waals surface area contributed by atoms with E-state index in [1.807, 2.05) is 26.0 Å². The molecule has 2 aromatic carbocycles. The third-order valence-electron chi connectivity index (χ3n) is 5.56. The van der Waals surface area contributed by atoms with Crippen molar-refractivity contribution in [3.8, 4) is 11.3 Å². The number of aromatic nitrogens is 1. The summed E-state index contributed by atoms with van der Waals surface area (Å²) in [6.45, 7) is 5.99. The van der Waals surface area contributed by atoms with E-state index in [1.165, 1.54) is 23.3 Å². The zero-order valence-electron chi connectivity index (χ0n) is 18.1. The number of benzene rings is 2. The Bertz CT molecular complexity index is 1180. The van der Waals surface area contributed by atoms with Crippen molar-refractivity contribution >= 4 is 15.9 Å². The molecule has 1 atom stereocenters. The van der Waals surface area contributed by atoms with E-state index in [2.05, 4.69) is 18.0 Å². The summed E-state index contributed by atoms with van der Waals surface area (Å²) in [7, 11) is -2.02. The Morgan fingerprint density at radius 2 is 1.81 bits per heavy atom. The molecule has 0 fully saturated rings. The van der Waals surface area contributed by atoms with Crippen molar-refractivity contribution in [3.05, 3.63) is 71.2 Å². The predicted octanol–water partition coefficient (Wildman–Crippen LogP) is 3.76. The molecule has 0 aliphatic carbocycles. The quantitative estimate of drug-likeness (QED) is 0.601. The fourth-order valence-corrected chi connectivity index (χ4v) is 3.74. The van der Waals surface area contributed by atoms with Gasteiger partial charge in [-0.25, -0.2) is 18.5 Å². The Labute approximate surface area is 183 Å². The average molecular weight is 442 g/mol. The Morgan fingerprint density at radius 1 is 1.13 bits per heavy atom. The number of oxazole rings is 1. The molecule has 1 heterocycles.